The number of anilines is 2. The Morgan fingerprint density at radius 3 is 2.66 bits per heavy atom. The van der Waals surface area contributed by atoms with Crippen LogP contribution in [0.5, 0.6) is 0 Å². The molecule has 2 aromatic rings. The fourth-order valence-electron chi connectivity index (χ4n) is 2.73. The number of carbonyl (C=O) groups excluding carboxylic acids is 2. The van der Waals surface area contributed by atoms with E-state index in [9.17, 15) is 19.6 Å². The molecule has 32 heavy (non-hydrogen) atoms. The number of nitriles is 1. The number of aromatic nitrogens is 1. The molecule has 0 saturated heterocycles. The van der Waals surface area contributed by atoms with E-state index in [1.807, 2.05) is 6.07 Å². The fraction of sp³-hybridized carbons (Fsp3) is 0.273. The summed E-state index contributed by atoms with van der Waals surface area (Å²) in [6.07, 6.45) is 6.66. The van der Waals surface area contributed by atoms with Gasteiger partial charge in [-0.2, -0.15) is 5.26 Å². The van der Waals surface area contributed by atoms with Gasteiger partial charge in [0.15, 0.2) is 5.57 Å². The van der Waals surface area contributed by atoms with E-state index < -0.39 is 5.91 Å². The van der Waals surface area contributed by atoms with Crippen LogP contribution in [0, 0.1) is 23.7 Å². The predicted molar refractivity (Wildman–Crippen MR) is 126 cm³/mol. The minimum Gasteiger partial charge on any atom is -0.360 e. The Labute approximate surface area is 189 Å². The minimum absolute atomic E-state index is 0.0201. The molecule has 0 aliphatic heterocycles. The van der Waals surface area contributed by atoms with Gasteiger partial charge in [0.1, 0.15) is 15.3 Å². The highest BCUT2D eigenvalue weighted by Crippen LogP contribution is 2.15. The van der Waals surface area contributed by atoms with E-state index >= 15 is 0 Å². The second kappa shape index (κ2) is 11.5. The second-order valence-electron chi connectivity index (χ2n) is 6.85. The number of amides is 2. The van der Waals surface area contributed by atoms with Gasteiger partial charge in [-0.15, -0.1) is 17.8 Å². The largest absolute Gasteiger partial charge is 0.360 e. The highest BCUT2D eigenvalue weighted by Gasteiger charge is 2.14. The predicted octanol–water partition coefficient (Wildman–Crippen LogP) is -0.296. The van der Waals surface area contributed by atoms with E-state index in [4.69, 9.17) is 6.42 Å². The zero-order valence-electron chi connectivity index (χ0n) is 18.1. The van der Waals surface area contributed by atoms with E-state index in [1.54, 1.807) is 50.2 Å². The molecular formula is C22H24N6O3S. The Kier molecular flexibility index (Phi) is 8.78. The smallest absolute Gasteiger partial charge is 0.270 e. The highest BCUT2D eigenvalue weighted by molar-refractivity contribution is 7.07. The summed E-state index contributed by atoms with van der Waals surface area (Å²) >= 11 is 1.03. The maximum atomic E-state index is 12.8. The molecule has 1 aromatic carbocycles. The molecule has 166 valence electrons. The van der Waals surface area contributed by atoms with Gasteiger partial charge in [0.2, 0.25) is 5.91 Å². The third-order valence-electron chi connectivity index (χ3n) is 4.10. The molecule has 1 heterocycles. The maximum Gasteiger partial charge on any atom is 0.270 e. The number of thiazole rings is 1. The molecule has 0 saturated carbocycles. The average molecular weight is 453 g/mol. The number of hydrogen-bond donors (Lipinski definition) is 3. The van der Waals surface area contributed by atoms with E-state index in [0.717, 1.165) is 11.3 Å². The lowest BCUT2D eigenvalue weighted by atomic mass is 10.2. The monoisotopic (exact) mass is 452 g/mol. The second-order valence-corrected chi connectivity index (χ2v) is 7.88. The van der Waals surface area contributed by atoms with Gasteiger partial charge < -0.3 is 20.9 Å². The van der Waals surface area contributed by atoms with Crippen LogP contribution in [0.4, 0.5) is 11.4 Å². The number of nitrogens with zero attached hydrogens (tertiary/aromatic N) is 3. The number of likely N-dealkylation sites (N-methyl/N-ethyl adjacent to an activating group) is 1. The summed E-state index contributed by atoms with van der Waals surface area (Å²) in [5.74, 6) is 1.50. The van der Waals surface area contributed by atoms with Gasteiger partial charge in [0.05, 0.1) is 13.1 Å². The molecule has 0 unspecified atom stereocenters. The Morgan fingerprint density at radius 1 is 1.31 bits per heavy atom. The van der Waals surface area contributed by atoms with Crippen molar-refractivity contribution in [2.24, 2.45) is 0 Å². The Balaban J connectivity index is 2.38. The van der Waals surface area contributed by atoms with Crippen molar-refractivity contribution in [1.29, 1.82) is 5.26 Å². The molecule has 2 rings (SSSR count). The van der Waals surface area contributed by atoms with Gasteiger partial charge in [0.25, 0.3) is 11.5 Å². The number of rotatable bonds is 8. The SMILES string of the molecule is C#CCNC(=O)/C(C#N)=c1\s/c(=C/Nc2cccc(NC(=O)CN(C)C)c2)c(=O)n1CC. The summed E-state index contributed by atoms with van der Waals surface area (Å²) in [5.41, 5.74) is 0.766. The van der Waals surface area contributed by atoms with Crippen LogP contribution in [0.25, 0.3) is 11.8 Å². The molecule has 10 heteroatoms. The minimum atomic E-state index is -0.630. The molecule has 0 aliphatic rings. The van der Waals surface area contributed by atoms with Crippen LogP contribution in [-0.2, 0) is 16.1 Å². The zero-order chi connectivity index (χ0) is 23.7. The molecule has 0 atom stereocenters. The summed E-state index contributed by atoms with van der Waals surface area (Å²) in [6, 6.07) is 8.91. The van der Waals surface area contributed by atoms with Crippen molar-refractivity contribution >= 4 is 46.3 Å². The topological polar surface area (TPSA) is 119 Å². The van der Waals surface area contributed by atoms with E-state index in [2.05, 4.69) is 21.9 Å². The van der Waals surface area contributed by atoms with Crippen LogP contribution in [0.3, 0.4) is 0 Å². The Morgan fingerprint density at radius 2 is 2.03 bits per heavy atom. The van der Waals surface area contributed by atoms with Crippen molar-refractivity contribution in [2.45, 2.75) is 13.5 Å². The number of nitrogens with one attached hydrogen (secondary N) is 3. The van der Waals surface area contributed by atoms with Crippen molar-refractivity contribution in [3.63, 3.8) is 0 Å². The summed E-state index contributed by atoms with van der Waals surface area (Å²) in [5, 5.41) is 17.7. The number of hydrogen-bond acceptors (Lipinski definition) is 7. The van der Waals surface area contributed by atoms with Crippen molar-refractivity contribution in [3.05, 3.63) is 43.8 Å². The van der Waals surface area contributed by atoms with Gasteiger partial charge in [-0.05, 0) is 39.2 Å². The molecule has 0 radical (unpaired) electrons. The molecule has 1 aromatic heterocycles. The molecule has 2 amide bonds. The van der Waals surface area contributed by atoms with Crippen LogP contribution in [0.1, 0.15) is 6.92 Å². The van der Waals surface area contributed by atoms with Crippen LogP contribution >= 0.6 is 11.3 Å². The van der Waals surface area contributed by atoms with Gasteiger partial charge in [-0.25, -0.2) is 0 Å². The van der Waals surface area contributed by atoms with E-state index in [0.29, 0.717) is 22.5 Å². The molecule has 0 fully saturated rings. The summed E-state index contributed by atoms with van der Waals surface area (Å²) in [7, 11) is 3.61. The van der Waals surface area contributed by atoms with Gasteiger partial charge in [0, 0.05) is 24.1 Å². The van der Waals surface area contributed by atoms with Crippen LogP contribution in [0.15, 0.2) is 29.1 Å². The van der Waals surface area contributed by atoms with Crippen LogP contribution in [0.2, 0.25) is 0 Å². The van der Waals surface area contributed by atoms with Gasteiger partial charge in [-0.3, -0.25) is 19.0 Å². The van der Waals surface area contributed by atoms with E-state index in [1.165, 1.54) is 10.8 Å². The lowest BCUT2D eigenvalue weighted by molar-refractivity contribution is -0.117. The van der Waals surface area contributed by atoms with Crippen LogP contribution in [-0.4, -0.2) is 48.5 Å². The first kappa shape index (κ1) is 24.4. The standard InChI is InChI=1S/C22H24N6O3S/c1-5-10-24-20(30)17(12-23)22-28(6-2)21(31)18(32-22)13-25-15-8-7-9-16(11-15)26-19(29)14-27(3)4/h1,7-9,11,13,25H,6,10,14H2,2-4H3,(H,24,30)(H,26,29)/b18-13+,22-17-. The first-order valence-corrected chi connectivity index (χ1v) is 10.5. The summed E-state index contributed by atoms with van der Waals surface area (Å²) < 4.78 is 1.94. The Hall–Kier alpha value is -3.86. The quantitative estimate of drug-likeness (QED) is 0.474. The lowest BCUT2D eigenvalue weighted by Gasteiger charge is -2.10. The van der Waals surface area contributed by atoms with Gasteiger partial charge in [-0.1, -0.05) is 12.0 Å². The number of terminal acetylenes is 1. The summed E-state index contributed by atoms with van der Waals surface area (Å²) in [4.78, 5) is 38.7. The van der Waals surface area contributed by atoms with Crippen molar-refractivity contribution < 1.29 is 9.59 Å². The molecule has 0 bridgehead atoms. The van der Waals surface area contributed by atoms with E-state index in [-0.39, 0.29) is 34.8 Å². The molecular weight excluding hydrogens is 428 g/mol. The summed E-state index contributed by atoms with van der Waals surface area (Å²) in [6.45, 7) is 2.28. The maximum absolute atomic E-state index is 12.8. The molecule has 9 nitrogen and oxygen atoms in total. The zero-order valence-corrected chi connectivity index (χ0v) is 18.9. The van der Waals surface area contributed by atoms with Crippen LogP contribution < -0.4 is 30.7 Å². The Bertz CT molecular complexity index is 1260. The third kappa shape index (κ3) is 6.32. The average Bonchev–Trinajstić information content (AvgIpc) is 3.06. The first-order valence-electron chi connectivity index (χ1n) is 9.67. The number of carbonyl (C=O) groups is 2. The molecule has 0 spiro atoms. The van der Waals surface area contributed by atoms with Crippen molar-refractivity contribution in [1.82, 2.24) is 14.8 Å². The highest BCUT2D eigenvalue weighted by atomic mass is 32.1. The number of benzene rings is 1. The normalized spacial score (nSPS) is 12.0. The lowest BCUT2D eigenvalue weighted by Crippen LogP contribution is -2.34. The molecule has 3 N–H and O–H groups in total. The third-order valence-corrected chi connectivity index (χ3v) is 5.23. The van der Waals surface area contributed by atoms with Crippen molar-refractivity contribution in [2.75, 3.05) is 37.8 Å². The fourth-order valence-corrected chi connectivity index (χ4v) is 3.82. The molecule has 0 aliphatic carbocycles. The first-order chi connectivity index (χ1) is 15.3. The van der Waals surface area contributed by atoms with Crippen molar-refractivity contribution in [3.8, 4) is 18.4 Å². The van der Waals surface area contributed by atoms with Gasteiger partial charge >= 0.3 is 0 Å².